The number of halogens is 9. The van der Waals surface area contributed by atoms with E-state index in [2.05, 4.69) is 4.65 Å². The van der Waals surface area contributed by atoms with Gasteiger partial charge in [0.2, 0.25) is 0 Å². The predicted octanol–water partition coefficient (Wildman–Crippen LogP) is 5.04. The van der Waals surface area contributed by atoms with Gasteiger partial charge in [-0.15, -0.1) is 0 Å². The Bertz CT molecular complexity index is 1110. The van der Waals surface area contributed by atoms with Gasteiger partial charge in [0, 0.05) is 41.5 Å². The highest BCUT2D eigenvalue weighted by Crippen LogP contribution is 2.47. The van der Waals surface area contributed by atoms with Crippen LogP contribution < -0.4 is 0 Å². The molecule has 0 saturated heterocycles. The molecule has 0 aliphatic rings. The van der Waals surface area contributed by atoms with Crippen LogP contribution in [0.1, 0.15) is 29.5 Å². The highest BCUT2D eigenvalue weighted by Gasteiger charge is 2.44. The molecule has 2 N–H and O–H groups in total. The van der Waals surface area contributed by atoms with Gasteiger partial charge in [-0.25, -0.2) is 39.5 Å². The standard InChI is InChI=1S/C22H14BF9O3/c24-13-7-19(30)16(27)4-10(13)22(2-1-3-35-23(33)34,11-5-17(28)20(31)8-14(11)25)12-6-18(29)21(32)9-15(12)26/h4-9,33-34H,1-3H2. The zero-order chi connectivity index (χ0) is 26.1. The summed E-state index contributed by atoms with van der Waals surface area (Å²) in [7, 11) is -2.30. The first kappa shape index (κ1) is 26.6. The molecule has 0 radical (unpaired) electrons. The Labute approximate surface area is 192 Å². The number of hydrogen-bond acceptors (Lipinski definition) is 3. The van der Waals surface area contributed by atoms with Gasteiger partial charge in [0.1, 0.15) is 17.5 Å². The van der Waals surface area contributed by atoms with Crippen molar-refractivity contribution in [1.82, 2.24) is 0 Å². The predicted molar refractivity (Wildman–Crippen MR) is 104 cm³/mol. The Morgan fingerprint density at radius 2 is 0.857 bits per heavy atom. The van der Waals surface area contributed by atoms with Crippen LogP contribution in [0.15, 0.2) is 36.4 Å². The van der Waals surface area contributed by atoms with E-state index in [1.54, 1.807) is 0 Å². The van der Waals surface area contributed by atoms with Crippen molar-refractivity contribution in [2.75, 3.05) is 6.61 Å². The minimum absolute atomic E-state index is 0.0168. The van der Waals surface area contributed by atoms with Gasteiger partial charge in [-0.1, -0.05) is 0 Å². The van der Waals surface area contributed by atoms with Crippen molar-refractivity contribution in [1.29, 1.82) is 0 Å². The second kappa shape index (κ2) is 10.3. The summed E-state index contributed by atoms with van der Waals surface area (Å²) in [6.07, 6.45) is -1.27. The molecular formula is C22H14BF9O3. The molecule has 0 heterocycles. The van der Waals surface area contributed by atoms with Gasteiger partial charge in [0.25, 0.3) is 0 Å². The molecule has 0 spiro atoms. The van der Waals surface area contributed by atoms with E-state index in [0.717, 1.165) is 0 Å². The fourth-order valence-corrected chi connectivity index (χ4v) is 3.91. The summed E-state index contributed by atoms with van der Waals surface area (Å²) in [5.74, 6) is -15.1. The second-order valence-electron chi connectivity index (χ2n) is 7.44. The summed E-state index contributed by atoms with van der Waals surface area (Å²) in [4.78, 5) is 0. The van der Waals surface area contributed by atoms with Crippen LogP contribution in [0.2, 0.25) is 0 Å². The Morgan fingerprint density at radius 1 is 0.543 bits per heavy atom. The summed E-state index contributed by atoms with van der Waals surface area (Å²) < 4.78 is 133. The Morgan fingerprint density at radius 3 is 1.17 bits per heavy atom. The van der Waals surface area contributed by atoms with E-state index in [1.165, 1.54) is 0 Å². The maximum absolute atomic E-state index is 15.1. The summed E-state index contributed by atoms with van der Waals surface area (Å²) >= 11 is 0. The van der Waals surface area contributed by atoms with Crippen molar-refractivity contribution < 1.29 is 54.2 Å². The third-order valence-electron chi connectivity index (χ3n) is 5.37. The molecule has 35 heavy (non-hydrogen) atoms. The van der Waals surface area contributed by atoms with Crippen molar-refractivity contribution in [2.24, 2.45) is 0 Å². The zero-order valence-electron chi connectivity index (χ0n) is 17.4. The lowest BCUT2D eigenvalue weighted by Crippen LogP contribution is -2.34. The number of benzene rings is 3. The van der Waals surface area contributed by atoms with E-state index in [1.807, 2.05) is 0 Å². The number of hydrogen-bond donors (Lipinski definition) is 2. The monoisotopic (exact) mass is 508 g/mol. The van der Waals surface area contributed by atoms with Crippen LogP contribution in [0, 0.1) is 52.4 Å². The molecule has 3 nitrogen and oxygen atoms in total. The maximum atomic E-state index is 15.1. The van der Waals surface area contributed by atoms with Crippen LogP contribution in [0.4, 0.5) is 39.5 Å². The average molecular weight is 508 g/mol. The number of rotatable bonds is 8. The second-order valence-corrected chi connectivity index (χ2v) is 7.44. The van der Waals surface area contributed by atoms with E-state index in [4.69, 9.17) is 10.0 Å². The van der Waals surface area contributed by atoms with Gasteiger partial charge in [-0.2, -0.15) is 0 Å². The SMILES string of the molecule is OB(O)OCCCC(c1cc(F)c(F)cc1F)(c1cc(F)c(F)cc1F)c1cc(F)c(F)cc1F. The average Bonchev–Trinajstić information content (AvgIpc) is 2.77. The zero-order valence-corrected chi connectivity index (χ0v) is 17.4. The van der Waals surface area contributed by atoms with E-state index in [9.17, 15) is 26.3 Å². The van der Waals surface area contributed by atoms with Crippen LogP contribution in [0.25, 0.3) is 0 Å². The molecule has 13 heteroatoms. The fraction of sp³-hybridized carbons (Fsp3) is 0.182. The summed E-state index contributed by atoms with van der Waals surface area (Å²) in [5.41, 5.74) is -5.85. The molecule has 186 valence electrons. The Kier molecular flexibility index (Phi) is 7.82. The van der Waals surface area contributed by atoms with E-state index < -0.39 is 101 Å². The first-order chi connectivity index (χ1) is 16.4. The molecule has 0 bridgehead atoms. The Balaban J connectivity index is 2.45. The van der Waals surface area contributed by atoms with Crippen LogP contribution in [0.5, 0.6) is 0 Å². The van der Waals surface area contributed by atoms with E-state index >= 15 is 13.2 Å². The summed E-state index contributed by atoms with van der Waals surface area (Å²) in [6, 6.07) is 0.615. The van der Waals surface area contributed by atoms with Gasteiger partial charge in [0.05, 0.1) is 5.41 Å². The molecule has 0 unspecified atom stereocenters. The van der Waals surface area contributed by atoms with Crippen molar-refractivity contribution >= 4 is 7.32 Å². The van der Waals surface area contributed by atoms with Crippen LogP contribution in [0.3, 0.4) is 0 Å². The highest BCUT2D eigenvalue weighted by molar-refractivity contribution is 6.32. The lowest BCUT2D eigenvalue weighted by atomic mass is 9.66. The highest BCUT2D eigenvalue weighted by atomic mass is 19.2. The van der Waals surface area contributed by atoms with Gasteiger partial charge in [-0.3, -0.25) is 0 Å². The van der Waals surface area contributed by atoms with Crippen molar-refractivity contribution in [3.8, 4) is 0 Å². The summed E-state index contributed by atoms with van der Waals surface area (Å²) in [5, 5.41) is 17.7. The lowest BCUT2D eigenvalue weighted by Gasteiger charge is -2.37. The van der Waals surface area contributed by atoms with Crippen LogP contribution in [-0.4, -0.2) is 24.0 Å². The van der Waals surface area contributed by atoms with Gasteiger partial charge >= 0.3 is 7.32 Å². The topological polar surface area (TPSA) is 49.7 Å². The molecule has 0 saturated carbocycles. The Hall–Kier alpha value is -3.03. The minimum atomic E-state index is -2.75. The smallest absolute Gasteiger partial charge is 0.402 e. The van der Waals surface area contributed by atoms with Gasteiger partial charge in [0.15, 0.2) is 34.9 Å². The fourth-order valence-electron chi connectivity index (χ4n) is 3.91. The van der Waals surface area contributed by atoms with E-state index in [-0.39, 0.29) is 36.4 Å². The van der Waals surface area contributed by atoms with Gasteiger partial charge < -0.3 is 14.7 Å². The van der Waals surface area contributed by atoms with Crippen LogP contribution in [-0.2, 0) is 10.1 Å². The largest absolute Gasteiger partial charge is 0.633 e. The molecule has 0 atom stereocenters. The van der Waals surface area contributed by atoms with Crippen LogP contribution >= 0.6 is 0 Å². The molecule has 0 aliphatic carbocycles. The van der Waals surface area contributed by atoms with Crippen molar-refractivity contribution in [3.63, 3.8) is 0 Å². The molecule has 0 aromatic heterocycles. The lowest BCUT2D eigenvalue weighted by molar-refractivity contribution is 0.179. The molecule has 3 aromatic rings. The first-order valence-electron chi connectivity index (χ1n) is 9.81. The molecule has 0 fully saturated rings. The third kappa shape index (κ3) is 5.16. The molecular weight excluding hydrogens is 494 g/mol. The maximum Gasteiger partial charge on any atom is 0.633 e. The van der Waals surface area contributed by atoms with E-state index in [0.29, 0.717) is 0 Å². The minimum Gasteiger partial charge on any atom is -0.402 e. The van der Waals surface area contributed by atoms with Crippen molar-refractivity contribution in [3.05, 3.63) is 105 Å². The molecule has 0 aliphatic heterocycles. The third-order valence-corrected chi connectivity index (χ3v) is 5.37. The molecule has 3 aromatic carbocycles. The van der Waals surface area contributed by atoms with Gasteiger partial charge in [-0.05, 0) is 31.0 Å². The van der Waals surface area contributed by atoms with Crippen molar-refractivity contribution in [2.45, 2.75) is 18.3 Å². The molecule has 0 amide bonds. The summed E-state index contributed by atoms with van der Waals surface area (Å²) in [6.45, 7) is -0.596. The molecule has 3 rings (SSSR count). The normalized spacial score (nSPS) is 11.7. The first-order valence-corrected chi connectivity index (χ1v) is 9.81. The quantitative estimate of drug-likeness (QED) is 0.148.